The molecule has 1 aliphatic heterocycles. The Hall–Kier alpha value is -0.290. The van der Waals surface area contributed by atoms with Gasteiger partial charge in [0.1, 0.15) is 0 Å². The third-order valence-electron chi connectivity index (χ3n) is 3.21. The number of hydrogen-bond acceptors (Lipinski definition) is 3. The van der Waals surface area contributed by atoms with E-state index in [1.165, 1.54) is 20.0 Å². The van der Waals surface area contributed by atoms with Gasteiger partial charge in [-0.15, -0.1) is 0 Å². The van der Waals surface area contributed by atoms with Crippen LogP contribution in [0, 0.1) is 5.92 Å². The van der Waals surface area contributed by atoms with E-state index in [4.69, 9.17) is 0 Å². The third kappa shape index (κ3) is 5.25. The number of likely N-dealkylation sites (tertiary alicyclic amines) is 1. The van der Waals surface area contributed by atoms with Crippen molar-refractivity contribution in [1.82, 2.24) is 10.2 Å². The van der Waals surface area contributed by atoms with Gasteiger partial charge in [0, 0.05) is 31.0 Å². The monoisotopic (exact) mass is 306 g/mol. The van der Waals surface area contributed by atoms with E-state index in [1.807, 2.05) is 0 Å². The van der Waals surface area contributed by atoms with Crippen LogP contribution in [0.4, 0.5) is 4.79 Å². The molecule has 4 nitrogen and oxygen atoms in total. The van der Waals surface area contributed by atoms with Gasteiger partial charge in [0.2, 0.25) is 0 Å². The highest BCUT2D eigenvalue weighted by Crippen LogP contribution is 2.16. The second-order valence-electron chi connectivity index (χ2n) is 4.69. The number of carbonyl (C=O) groups is 1. The number of carbonyl (C=O) groups excluding carboxylic acids is 1. The summed E-state index contributed by atoms with van der Waals surface area (Å²) in [5, 5.41) is 3.93. The van der Waals surface area contributed by atoms with E-state index < -0.39 is 0 Å². The lowest BCUT2D eigenvalue weighted by molar-refractivity contribution is 0.166. The average molecular weight is 307 g/mol. The molecule has 2 unspecified atom stereocenters. The number of hydrogen-bond donors (Lipinski definition) is 1. The number of methoxy groups -OCH3 is 1. The predicted molar refractivity (Wildman–Crippen MR) is 72.6 cm³/mol. The molecule has 1 N–H and O–H groups in total. The van der Waals surface area contributed by atoms with Crippen molar-refractivity contribution in [2.75, 3.05) is 32.1 Å². The minimum absolute atomic E-state index is 0.250. The van der Waals surface area contributed by atoms with Gasteiger partial charge >= 0.3 is 6.09 Å². The molecular weight excluding hydrogens is 284 g/mol. The van der Waals surface area contributed by atoms with Gasteiger partial charge in [0.15, 0.2) is 0 Å². The van der Waals surface area contributed by atoms with Gasteiger partial charge in [-0.25, -0.2) is 4.79 Å². The summed E-state index contributed by atoms with van der Waals surface area (Å²) in [6.45, 7) is 5.36. The smallest absolute Gasteiger partial charge is 0.407 e. The van der Waals surface area contributed by atoms with Crippen molar-refractivity contribution in [3.63, 3.8) is 0 Å². The van der Waals surface area contributed by atoms with Crippen molar-refractivity contribution in [2.45, 2.75) is 32.2 Å². The van der Waals surface area contributed by atoms with Crippen LogP contribution in [0.2, 0.25) is 0 Å². The molecule has 0 aromatic heterocycles. The Balaban J connectivity index is 2.27. The molecule has 1 rings (SSSR count). The highest BCUT2D eigenvalue weighted by molar-refractivity contribution is 9.09. The predicted octanol–water partition coefficient (Wildman–Crippen LogP) is 2.23. The first kappa shape index (κ1) is 14.8. The molecule has 0 radical (unpaired) electrons. The van der Waals surface area contributed by atoms with E-state index in [-0.39, 0.29) is 12.1 Å². The SMILES string of the molecule is CCCC(CBr)CN1CCC(NC(=O)OC)C1. The van der Waals surface area contributed by atoms with Crippen LogP contribution in [-0.2, 0) is 4.74 Å². The van der Waals surface area contributed by atoms with Crippen molar-refractivity contribution in [2.24, 2.45) is 5.92 Å². The van der Waals surface area contributed by atoms with E-state index in [1.54, 1.807) is 0 Å². The lowest BCUT2D eigenvalue weighted by Gasteiger charge is -2.22. The summed E-state index contributed by atoms with van der Waals surface area (Å²) < 4.78 is 4.61. The van der Waals surface area contributed by atoms with Crippen LogP contribution in [0.1, 0.15) is 26.2 Å². The summed E-state index contributed by atoms with van der Waals surface area (Å²) >= 11 is 3.57. The Kier molecular flexibility index (Phi) is 6.89. The minimum Gasteiger partial charge on any atom is -0.453 e. The number of alkyl halides is 1. The number of nitrogens with zero attached hydrogens (tertiary/aromatic N) is 1. The molecule has 0 aliphatic carbocycles. The summed E-state index contributed by atoms with van der Waals surface area (Å²) in [6, 6.07) is 0.250. The standard InChI is InChI=1S/C12H23BrN2O2/c1-3-4-10(7-13)8-15-6-5-11(9-15)14-12(16)17-2/h10-11H,3-9H2,1-2H3,(H,14,16). The fourth-order valence-corrected chi connectivity index (χ4v) is 2.86. The zero-order valence-corrected chi connectivity index (χ0v) is 12.3. The highest BCUT2D eigenvalue weighted by atomic mass is 79.9. The quantitative estimate of drug-likeness (QED) is 0.765. The maximum atomic E-state index is 11.1. The zero-order valence-electron chi connectivity index (χ0n) is 10.7. The van der Waals surface area contributed by atoms with Crippen LogP contribution in [0.25, 0.3) is 0 Å². The van der Waals surface area contributed by atoms with Gasteiger partial charge < -0.3 is 15.0 Å². The first-order valence-corrected chi connectivity index (χ1v) is 7.44. The molecular formula is C12H23BrN2O2. The maximum absolute atomic E-state index is 11.1. The van der Waals surface area contributed by atoms with Gasteiger partial charge in [0.25, 0.3) is 0 Å². The molecule has 0 aromatic carbocycles. The van der Waals surface area contributed by atoms with E-state index in [2.05, 4.69) is 37.8 Å². The summed E-state index contributed by atoms with van der Waals surface area (Å²) in [4.78, 5) is 13.5. The molecule has 1 fully saturated rings. The molecule has 0 spiro atoms. The molecule has 1 amide bonds. The molecule has 17 heavy (non-hydrogen) atoms. The van der Waals surface area contributed by atoms with Crippen LogP contribution >= 0.6 is 15.9 Å². The van der Waals surface area contributed by atoms with Crippen LogP contribution < -0.4 is 5.32 Å². The third-order valence-corrected chi connectivity index (χ3v) is 4.13. The van der Waals surface area contributed by atoms with Crippen molar-refractivity contribution in [3.8, 4) is 0 Å². The molecule has 5 heteroatoms. The van der Waals surface area contributed by atoms with E-state index in [0.29, 0.717) is 0 Å². The first-order chi connectivity index (χ1) is 8.19. The Bertz CT molecular complexity index is 239. The maximum Gasteiger partial charge on any atom is 0.407 e. The van der Waals surface area contributed by atoms with Crippen LogP contribution in [0.5, 0.6) is 0 Å². The van der Waals surface area contributed by atoms with Gasteiger partial charge in [-0.3, -0.25) is 0 Å². The normalized spacial score (nSPS) is 22.4. The van der Waals surface area contributed by atoms with Crippen molar-refractivity contribution >= 4 is 22.0 Å². The average Bonchev–Trinajstić information content (AvgIpc) is 2.75. The summed E-state index contributed by atoms with van der Waals surface area (Å²) in [7, 11) is 1.41. The molecule has 0 aromatic rings. The fraction of sp³-hybridized carbons (Fsp3) is 0.917. The lowest BCUT2D eigenvalue weighted by Crippen LogP contribution is -2.38. The molecule has 2 atom stereocenters. The second kappa shape index (κ2) is 7.93. The van der Waals surface area contributed by atoms with Crippen LogP contribution in [-0.4, -0.2) is 49.1 Å². The fourth-order valence-electron chi connectivity index (χ4n) is 2.33. The number of halogens is 1. The molecule has 1 saturated heterocycles. The summed E-state index contributed by atoms with van der Waals surface area (Å²) in [5.41, 5.74) is 0. The Morgan fingerprint density at radius 1 is 1.65 bits per heavy atom. The van der Waals surface area contributed by atoms with Crippen molar-refractivity contribution < 1.29 is 9.53 Å². The lowest BCUT2D eigenvalue weighted by atomic mass is 10.1. The highest BCUT2D eigenvalue weighted by Gasteiger charge is 2.25. The minimum atomic E-state index is -0.317. The van der Waals surface area contributed by atoms with Crippen molar-refractivity contribution in [1.29, 1.82) is 0 Å². The number of nitrogens with one attached hydrogen (secondary N) is 1. The molecule has 1 heterocycles. The zero-order chi connectivity index (χ0) is 12.7. The van der Waals surface area contributed by atoms with Gasteiger partial charge in [-0.05, 0) is 18.8 Å². The van der Waals surface area contributed by atoms with Gasteiger partial charge in [0.05, 0.1) is 7.11 Å². The topological polar surface area (TPSA) is 41.6 Å². The number of ether oxygens (including phenoxy) is 1. The molecule has 1 aliphatic rings. The second-order valence-corrected chi connectivity index (χ2v) is 5.34. The van der Waals surface area contributed by atoms with E-state index in [9.17, 15) is 4.79 Å². The molecule has 0 saturated carbocycles. The van der Waals surface area contributed by atoms with Crippen molar-refractivity contribution in [3.05, 3.63) is 0 Å². The Labute approximate surface area is 112 Å². The van der Waals surface area contributed by atoms with Gasteiger partial charge in [-0.1, -0.05) is 29.3 Å². The Morgan fingerprint density at radius 3 is 3.00 bits per heavy atom. The van der Waals surface area contributed by atoms with Crippen LogP contribution in [0.3, 0.4) is 0 Å². The molecule has 100 valence electrons. The summed E-state index contributed by atoms with van der Waals surface area (Å²) in [5.74, 6) is 0.719. The summed E-state index contributed by atoms with van der Waals surface area (Å²) in [6.07, 6.45) is 3.20. The van der Waals surface area contributed by atoms with E-state index >= 15 is 0 Å². The van der Waals surface area contributed by atoms with Crippen LogP contribution in [0.15, 0.2) is 0 Å². The first-order valence-electron chi connectivity index (χ1n) is 6.32. The Morgan fingerprint density at radius 2 is 2.41 bits per heavy atom. The van der Waals surface area contributed by atoms with E-state index in [0.717, 1.165) is 37.3 Å². The number of alkyl carbamates (subject to hydrolysis) is 1. The molecule has 0 bridgehead atoms. The largest absolute Gasteiger partial charge is 0.453 e. The number of rotatable bonds is 6. The van der Waals surface area contributed by atoms with Gasteiger partial charge in [-0.2, -0.15) is 0 Å². The number of amides is 1.